The lowest BCUT2D eigenvalue weighted by Gasteiger charge is -2.06. The molecule has 0 aliphatic rings. The Balaban J connectivity index is 1.97. The van der Waals surface area contributed by atoms with Gasteiger partial charge in [-0.1, -0.05) is 30.3 Å². The van der Waals surface area contributed by atoms with Gasteiger partial charge < -0.3 is 9.72 Å². The molecule has 1 N–H and O–H groups in total. The fourth-order valence-electron chi connectivity index (χ4n) is 2.21. The molecule has 0 atom stereocenters. The van der Waals surface area contributed by atoms with E-state index in [0.717, 1.165) is 28.3 Å². The average Bonchev–Trinajstić information content (AvgIpc) is 2.99. The Kier molecular flexibility index (Phi) is 3.50. The van der Waals surface area contributed by atoms with Crippen LogP contribution in [0, 0.1) is 0 Å². The lowest BCUT2D eigenvalue weighted by molar-refractivity contribution is 0.340. The van der Waals surface area contributed by atoms with E-state index in [4.69, 9.17) is 4.74 Å². The van der Waals surface area contributed by atoms with Gasteiger partial charge in [0, 0.05) is 11.1 Å². The van der Waals surface area contributed by atoms with Crippen LogP contribution in [0.1, 0.15) is 6.92 Å². The average molecular weight is 264 g/mol. The van der Waals surface area contributed by atoms with Crippen LogP contribution in [0.3, 0.4) is 0 Å². The molecule has 0 aliphatic carbocycles. The number of imidazole rings is 1. The van der Waals surface area contributed by atoms with Gasteiger partial charge in [-0.15, -0.1) is 0 Å². The van der Waals surface area contributed by atoms with E-state index in [-0.39, 0.29) is 0 Å². The zero-order valence-corrected chi connectivity index (χ0v) is 11.3. The number of nitrogens with zero attached hydrogens (tertiary/aromatic N) is 1. The van der Waals surface area contributed by atoms with Crippen molar-refractivity contribution in [2.75, 3.05) is 6.61 Å². The molecule has 0 fully saturated rings. The van der Waals surface area contributed by atoms with Crippen molar-refractivity contribution in [1.29, 1.82) is 0 Å². The van der Waals surface area contributed by atoms with E-state index in [1.165, 1.54) is 0 Å². The minimum atomic E-state index is 0.679. The molecule has 0 bridgehead atoms. The predicted octanol–water partition coefficient (Wildman–Crippen LogP) is 4.14. The molecule has 3 heteroatoms. The molecule has 0 spiro atoms. The lowest BCUT2D eigenvalue weighted by Crippen LogP contribution is -1.91. The van der Waals surface area contributed by atoms with E-state index >= 15 is 0 Å². The number of rotatable bonds is 4. The zero-order valence-electron chi connectivity index (χ0n) is 11.3. The second kappa shape index (κ2) is 5.61. The molecule has 0 radical (unpaired) electrons. The Bertz CT molecular complexity index is 672. The normalized spacial score (nSPS) is 10.4. The topological polar surface area (TPSA) is 37.9 Å². The van der Waals surface area contributed by atoms with Crippen LogP contribution in [0.2, 0.25) is 0 Å². The van der Waals surface area contributed by atoms with E-state index in [9.17, 15) is 0 Å². The minimum absolute atomic E-state index is 0.679. The zero-order chi connectivity index (χ0) is 13.8. The van der Waals surface area contributed by atoms with Gasteiger partial charge in [0.1, 0.15) is 5.75 Å². The van der Waals surface area contributed by atoms with Crippen LogP contribution in [0.5, 0.6) is 5.75 Å². The first-order chi connectivity index (χ1) is 9.88. The highest BCUT2D eigenvalue weighted by Crippen LogP contribution is 2.29. The van der Waals surface area contributed by atoms with E-state index in [2.05, 4.69) is 22.1 Å². The minimum Gasteiger partial charge on any atom is -0.494 e. The summed E-state index contributed by atoms with van der Waals surface area (Å²) in [7, 11) is 0. The molecule has 2 aromatic carbocycles. The number of benzene rings is 2. The quantitative estimate of drug-likeness (QED) is 0.769. The molecule has 3 rings (SSSR count). The van der Waals surface area contributed by atoms with Crippen LogP contribution >= 0.6 is 0 Å². The molecule has 0 saturated heterocycles. The van der Waals surface area contributed by atoms with E-state index in [0.29, 0.717) is 6.61 Å². The van der Waals surface area contributed by atoms with Crippen LogP contribution in [0.25, 0.3) is 22.5 Å². The van der Waals surface area contributed by atoms with Crippen molar-refractivity contribution in [2.24, 2.45) is 0 Å². The van der Waals surface area contributed by atoms with Crippen molar-refractivity contribution in [3.8, 4) is 28.3 Å². The van der Waals surface area contributed by atoms with Gasteiger partial charge in [0.25, 0.3) is 0 Å². The van der Waals surface area contributed by atoms with Gasteiger partial charge in [0.15, 0.2) is 0 Å². The summed E-state index contributed by atoms with van der Waals surface area (Å²) in [6, 6.07) is 18.2. The van der Waals surface area contributed by atoms with Crippen LogP contribution in [-0.4, -0.2) is 16.6 Å². The summed E-state index contributed by atoms with van der Waals surface area (Å²) in [5.74, 6) is 0.886. The van der Waals surface area contributed by atoms with Crippen LogP contribution in [0.15, 0.2) is 60.9 Å². The van der Waals surface area contributed by atoms with Crippen LogP contribution < -0.4 is 4.74 Å². The first-order valence-corrected chi connectivity index (χ1v) is 6.70. The molecule has 1 heterocycles. The van der Waals surface area contributed by atoms with Gasteiger partial charge in [-0.05, 0) is 31.2 Å². The van der Waals surface area contributed by atoms with Gasteiger partial charge in [-0.2, -0.15) is 0 Å². The molecule has 3 aromatic rings. The number of hydrogen-bond donors (Lipinski definition) is 1. The standard InChI is InChI=1S/C17H16N2O/c1-2-20-15-10-8-14(9-11-15)17-16(18-12-19-17)13-6-4-3-5-7-13/h3-12H,2H2,1H3,(H,18,19). The van der Waals surface area contributed by atoms with E-state index in [1.807, 2.05) is 49.4 Å². The Labute approximate surface area is 118 Å². The van der Waals surface area contributed by atoms with Gasteiger partial charge >= 0.3 is 0 Å². The molecule has 100 valence electrons. The third-order valence-electron chi connectivity index (χ3n) is 3.14. The third-order valence-corrected chi connectivity index (χ3v) is 3.14. The van der Waals surface area contributed by atoms with Crippen molar-refractivity contribution >= 4 is 0 Å². The van der Waals surface area contributed by atoms with E-state index < -0.39 is 0 Å². The molecular weight excluding hydrogens is 248 g/mol. The highest BCUT2D eigenvalue weighted by atomic mass is 16.5. The Morgan fingerprint density at radius 3 is 2.40 bits per heavy atom. The monoisotopic (exact) mass is 264 g/mol. The number of H-pyrrole nitrogens is 1. The maximum atomic E-state index is 5.47. The molecule has 3 nitrogen and oxygen atoms in total. The van der Waals surface area contributed by atoms with Crippen molar-refractivity contribution in [3.05, 3.63) is 60.9 Å². The second-order valence-electron chi connectivity index (χ2n) is 4.45. The maximum Gasteiger partial charge on any atom is 0.119 e. The van der Waals surface area contributed by atoms with E-state index in [1.54, 1.807) is 6.33 Å². The summed E-state index contributed by atoms with van der Waals surface area (Å²) in [6.45, 7) is 2.66. The SMILES string of the molecule is CCOc1ccc(-c2[nH]cnc2-c2ccccc2)cc1. The second-order valence-corrected chi connectivity index (χ2v) is 4.45. The molecule has 0 aliphatic heterocycles. The molecule has 20 heavy (non-hydrogen) atoms. The first-order valence-electron chi connectivity index (χ1n) is 6.70. The summed E-state index contributed by atoms with van der Waals surface area (Å²) in [6.07, 6.45) is 1.73. The largest absolute Gasteiger partial charge is 0.494 e. The molecule has 0 saturated carbocycles. The Morgan fingerprint density at radius 1 is 0.950 bits per heavy atom. The van der Waals surface area contributed by atoms with Crippen LogP contribution in [0.4, 0.5) is 0 Å². The number of ether oxygens (including phenoxy) is 1. The van der Waals surface area contributed by atoms with Crippen LogP contribution in [-0.2, 0) is 0 Å². The first kappa shape index (κ1) is 12.5. The third kappa shape index (κ3) is 2.43. The fourth-order valence-corrected chi connectivity index (χ4v) is 2.21. The summed E-state index contributed by atoms with van der Waals surface area (Å²) in [5.41, 5.74) is 4.21. The van der Waals surface area contributed by atoms with Gasteiger partial charge in [-0.25, -0.2) is 4.98 Å². The summed E-state index contributed by atoms with van der Waals surface area (Å²) in [4.78, 5) is 7.65. The number of aromatic nitrogens is 2. The van der Waals surface area contributed by atoms with Gasteiger partial charge in [0.05, 0.1) is 24.3 Å². The number of nitrogens with one attached hydrogen (secondary N) is 1. The summed E-state index contributed by atoms with van der Waals surface area (Å²) >= 11 is 0. The fraction of sp³-hybridized carbons (Fsp3) is 0.118. The molecular formula is C17H16N2O. The smallest absolute Gasteiger partial charge is 0.119 e. The highest BCUT2D eigenvalue weighted by molar-refractivity contribution is 5.78. The molecule has 1 aromatic heterocycles. The highest BCUT2D eigenvalue weighted by Gasteiger charge is 2.09. The maximum absolute atomic E-state index is 5.47. The Morgan fingerprint density at radius 2 is 1.70 bits per heavy atom. The lowest BCUT2D eigenvalue weighted by atomic mass is 10.1. The molecule has 0 unspecified atom stereocenters. The van der Waals surface area contributed by atoms with Gasteiger partial charge in [-0.3, -0.25) is 0 Å². The summed E-state index contributed by atoms with van der Waals surface area (Å²) < 4.78 is 5.47. The van der Waals surface area contributed by atoms with Crippen molar-refractivity contribution in [1.82, 2.24) is 9.97 Å². The molecule has 0 amide bonds. The number of hydrogen-bond acceptors (Lipinski definition) is 2. The summed E-state index contributed by atoms with van der Waals surface area (Å²) in [5, 5.41) is 0. The van der Waals surface area contributed by atoms with Crippen molar-refractivity contribution < 1.29 is 4.74 Å². The Hall–Kier alpha value is -2.55. The predicted molar refractivity (Wildman–Crippen MR) is 80.6 cm³/mol. The van der Waals surface area contributed by atoms with Gasteiger partial charge in [0.2, 0.25) is 0 Å². The van der Waals surface area contributed by atoms with Crippen molar-refractivity contribution in [3.63, 3.8) is 0 Å². The number of aromatic amines is 1. The van der Waals surface area contributed by atoms with Crippen molar-refractivity contribution in [2.45, 2.75) is 6.92 Å².